The lowest BCUT2D eigenvalue weighted by Crippen LogP contribution is -1.89. The van der Waals surface area contributed by atoms with E-state index in [-0.39, 0.29) is 0 Å². The summed E-state index contributed by atoms with van der Waals surface area (Å²) in [4.78, 5) is 2.67. The van der Waals surface area contributed by atoms with Crippen molar-refractivity contribution in [2.75, 3.05) is 6.54 Å². The third kappa shape index (κ3) is 3.27. The van der Waals surface area contributed by atoms with Crippen molar-refractivity contribution in [1.29, 1.82) is 0 Å². The summed E-state index contributed by atoms with van der Waals surface area (Å²) in [6.07, 6.45) is 0.669. The van der Waals surface area contributed by atoms with E-state index in [9.17, 15) is 0 Å². The molecule has 1 rings (SSSR count). The monoisotopic (exact) mass is 259 g/mol. The second kappa shape index (κ2) is 5.12. The standard InChI is InChI=1S/C8H7BrClN3/c9-7-1-2-8(10)6(5-7)3-4-12-13-11/h1-2,5H,3-4H2. The molecule has 0 radical (unpaired) electrons. The van der Waals surface area contributed by atoms with Gasteiger partial charge in [-0.3, -0.25) is 0 Å². The first-order valence-corrected chi connectivity index (χ1v) is 4.86. The van der Waals surface area contributed by atoms with Gasteiger partial charge in [0.2, 0.25) is 0 Å². The summed E-state index contributed by atoms with van der Waals surface area (Å²) < 4.78 is 0.979. The highest BCUT2D eigenvalue weighted by molar-refractivity contribution is 9.10. The lowest BCUT2D eigenvalue weighted by molar-refractivity contribution is 0.955. The van der Waals surface area contributed by atoms with Crippen LogP contribution in [0.25, 0.3) is 10.4 Å². The van der Waals surface area contributed by atoms with Crippen molar-refractivity contribution in [3.8, 4) is 0 Å². The first kappa shape index (κ1) is 10.4. The van der Waals surface area contributed by atoms with Gasteiger partial charge in [0.25, 0.3) is 0 Å². The van der Waals surface area contributed by atoms with E-state index in [1.807, 2.05) is 18.2 Å². The fourth-order valence-electron chi connectivity index (χ4n) is 0.950. The average Bonchev–Trinajstić information content (AvgIpc) is 2.11. The van der Waals surface area contributed by atoms with Gasteiger partial charge in [-0.2, -0.15) is 0 Å². The number of halogens is 2. The van der Waals surface area contributed by atoms with Gasteiger partial charge >= 0.3 is 0 Å². The third-order valence-corrected chi connectivity index (χ3v) is 2.41. The summed E-state index contributed by atoms with van der Waals surface area (Å²) in [6.45, 7) is 0.437. The maximum Gasteiger partial charge on any atom is 0.0438 e. The summed E-state index contributed by atoms with van der Waals surface area (Å²) in [5, 5.41) is 4.15. The van der Waals surface area contributed by atoms with Crippen molar-refractivity contribution in [2.45, 2.75) is 6.42 Å². The molecule has 0 aliphatic carbocycles. The van der Waals surface area contributed by atoms with Crippen LogP contribution in [-0.4, -0.2) is 6.54 Å². The van der Waals surface area contributed by atoms with Gasteiger partial charge in [0.1, 0.15) is 0 Å². The van der Waals surface area contributed by atoms with E-state index in [1.165, 1.54) is 0 Å². The van der Waals surface area contributed by atoms with Gasteiger partial charge in [-0.1, -0.05) is 32.6 Å². The summed E-state index contributed by atoms with van der Waals surface area (Å²) >= 11 is 9.26. The molecule has 0 saturated carbocycles. The van der Waals surface area contributed by atoms with Crippen molar-refractivity contribution >= 4 is 27.5 Å². The molecule has 0 bridgehead atoms. The van der Waals surface area contributed by atoms with Gasteiger partial charge in [-0.05, 0) is 35.7 Å². The van der Waals surface area contributed by atoms with Gasteiger partial charge in [0.15, 0.2) is 0 Å². The zero-order chi connectivity index (χ0) is 9.68. The summed E-state index contributed by atoms with van der Waals surface area (Å²) in [5.41, 5.74) is 9.07. The molecular formula is C8H7BrClN3. The van der Waals surface area contributed by atoms with E-state index in [4.69, 9.17) is 17.1 Å². The molecule has 0 aliphatic rings. The van der Waals surface area contributed by atoms with Crippen LogP contribution in [0.4, 0.5) is 0 Å². The zero-order valence-electron chi connectivity index (χ0n) is 6.74. The summed E-state index contributed by atoms with van der Waals surface area (Å²) in [6, 6.07) is 5.62. The molecule has 68 valence electrons. The molecule has 1 aromatic rings. The van der Waals surface area contributed by atoms with Crippen LogP contribution in [0.15, 0.2) is 27.8 Å². The highest BCUT2D eigenvalue weighted by atomic mass is 79.9. The van der Waals surface area contributed by atoms with Gasteiger partial charge in [-0.25, -0.2) is 0 Å². The third-order valence-electron chi connectivity index (χ3n) is 1.55. The molecule has 0 aliphatic heterocycles. The Hall–Kier alpha value is -0.700. The molecule has 0 aromatic heterocycles. The molecule has 0 unspecified atom stereocenters. The molecule has 1 aromatic carbocycles. The average molecular weight is 261 g/mol. The number of rotatable bonds is 3. The summed E-state index contributed by atoms with van der Waals surface area (Å²) in [7, 11) is 0. The fraction of sp³-hybridized carbons (Fsp3) is 0.250. The van der Waals surface area contributed by atoms with E-state index in [0.717, 1.165) is 10.0 Å². The maximum atomic E-state index is 8.08. The first-order chi connectivity index (χ1) is 6.24. The quantitative estimate of drug-likeness (QED) is 0.449. The van der Waals surface area contributed by atoms with Crippen LogP contribution in [0.5, 0.6) is 0 Å². The number of benzene rings is 1. The molecule has 0 amide bonds. The minimum Gasteiger partial charge on any atom is -0.0936 e. The molecule has 3 nitrogen and oxygen atoms in total. The summed E-state index contributed by atoms with van der Waals surface area (Å²) in [5.74, 6) is 0. The Labute approximate surface area is 89.5 Å². The van der Waals surface area contributed by atoms with Crippen LogP contribution in [0, 0.1) is 0 Å². The van der Waals surface area contributed by atoms with Crippen LogP contribution in [0.3, 0.4) is 0 Å². The zero-order valence-corrected chi connectivity index (χ0v) is 9.09. The lowest BCUT2D eigenvalue weighted by Gasteiger charge is -2.01. The second-order valence-corrected chi connectivity index (χ2v) is 3.76. The molecule has 0 fully saturated rings. The van der Waals surface area contributed by atoms with E-state index in [2.05, 4.69) is 26.0 Å². The van der Waals surface area contributed by atoms with Crippen molar-refractivity contribution in [2.24, 2.45) is 5.11 Å². The minimum absolute atomic E-state index is 0.437. The minimum atomic E-state index is 0.437. The van der Waals surface area contributed by atoms with Gasteiger partial charge in [0.05, 0.1) is 0 Å². The molecule has 0 spiro atoms. The Morgan fingerprint density at radius 1 is 1.54 bits per heavy atom. The predicted octanol–water partition coefficient (Wildman–Crippen LogP) is 3.96. The van der Waals surface area contributed by atoms with Crippen LogP contribution in [-0.2, 0) is 6.42 Å². The Kier molecular flexibility index (Phi) is 4.09. The normalized spacial score (nSPS) is 9.38. The number of hydrogen-bond acceptors (Lipinski definition) is 1. The molecule has 0 atom stereocenters. The smallest absolute Gasteiger partial charge is 0.0438 e. The molecule has 0 N–H and O–H groups in total. The number of azide groups is 1. The Balaban J connectivity index is 2.75. The van der Waals surface area contributed by atoms with E-state index >= 15 is 0 Å². The van der Waals surface area contributed by atoms with Gasteiger partial charge < -0.3 is 0 Å². The van der Waals surface area contributed by atoms with Crippen LogP contribution in [0.1, 0.15) is 5.56 Å². The molecule has 13 heavy (non-hydrogen) atoms. The maximum absolute atomic E-state index is 8.08. The SMILES string of the molecule is [N-]=[N+]=NCCc1cc(Br)ccc1Cl. The Morgan fingerprint density at radius 3 is 3.00 bits per heavy atom. The highest BCUT2D eigenvalue weighted by Gasteiger charge is 1.99. The second-order valence-electron chi connectivity index (χ2n) is 2.44. The van der Waals surface area contributed by atoms with Gasteiger partial charge in [0, 0.05) is 21.0 Å². The van der Waals surface area contributed by atoms with Crippen LogP contribution >= 0.6 is 27.5 Å². The van der Waals surface area contributed by atoms with Crippen molar-refractivity contribution in [3.05, 3.63) is 43.7 Å². The topological polar surface area (TPSA) is 48.8 Å². The van der Waals surface area contributed by atoms with E-state index < -0.39 is 0 Å². The first-order valence-electron chi connectivity index (χ1n) is 3.69. The van der Waals surface area contributed by atoms with Crippen molar-refractivity contribution < 1.29 is 0 Å². The van der Waals surface area contributed by atoms with Crippen molar-refractivity contribution in [3.63, 3.8) is 0 Å². The molecule has 0 heterocycles. The molecule has 0 saturated heterocycles. The molecular weight excluding hydrogens is 253 g/mol. The fourth-order valence-corrected chi connectivity index (χ4v) is 1.57. The molecule has 5 heteroatoms. The van der Waals surface area contributed by atoms with Gasteiger partial charge in [-0.15, -0.1) is 0 Å². The number of nitrogens with zero attached hydrogens (tertiary/aromatic N) is 3. The largest absolute Gasteiger partial charge is 0.0936 e. The highest BCUT2D eigenvalue weighted by Crippen LogP contribution is 2.21. The van der Waals surface area contributed by atoms with Crippen LogP contribution < -0.4 is 0 Å². The van der Waals surface area contributed by atoms with E-state index in [1.54, 1.807) is 0 Å². The Bertz CT molecular complexity index is 347. The number of hydrogen-bond donors (Lipinski definition) is 0. The predicted molar refractivity (Wildman–Crippen MR) is 56.9 cm³/mol. The lowest BCUT2D eigenvalue weighted by atomic mass is 10.1. The Morgan fingerprint density at radius 2 is 2.31 bits per heavy atom. The van der Waals surface area contributed by atoms with E-state index in [0.29, 0.717) is 18.0 Å². The van der Waals surface area contributed by atoms with Crippen molar-refractivity contribution in [1.82, 2.24) is 0 Å². The van der Waals surface area contributed by atoms with Crippen LogP contribution in [0.2, 0.25) is 5.02 Å².